The van der Waals surface area contributed by atoms with Crippen LogP contribution in [0.2, 0.25) is 0 Å². The average molecular weight is 245 g/mol. The highest BCUT2D eigenvalue weighted by Gasteiger charge is 2.31. The van der Waals surface area contributed by atoms with Gasteiger partial charge in [0.15, 0.2) is 11.6 Å². The van der Waals surface area contributed by atoms with Gasteiger partial charge in [0.25, 0.3) is 0 Å². The fraction of sp³-hybridized carbons (Fsp3) is 0.500. The van der Waals surface area contributed by atoms with E-state index in [2.05, 4.69) is 5.32 Å². The minimum atomic E-state index is -1.17. The van der Waals surface area contributed by atoms with Crippen LogP contribution in [0, 0.1) is 23.4 Å². The summed E-state index contributed by atoms with van der Waals surface area (Å²) in [5.41, 5.74) is 0.0988. The summed E-state index contributed by atoms with van der Waals surface area (Å²) >= 11 is 0. The van der Waals surface area contributed by atoms with Gasteiger partial charge in [0.05, 0.1) is 6.10 Å². The molecule has 1 aromatic rings. The van der Waals surface area contributed by atoms with Crippen molar-refractivity contribution in [1.82, 2.24) is 5.32 Å². The van der Waals surface area contributed by atoms with Crippen LogP contribution >= 0.6 is 0 Å². The first-order chi connectivity index (χ1) is 8.13. The number of rotatable bonds is 3. The van der Waals surface area contributed by atoms with E-state index in [1.54, 1.807) is 7.05 Å². The molecule has 0 aliphatic carbocycles. The third kappa shape index (κ3) is 2.45. The number of benzene rings is 1. The van der Waals surface area contributed by atoms with Gasteiger partial charge < -0.3 is 10.1 Å². The molecule has 1 aliphatic rings. The van der Waals surface area contributed by atoms with Crippen LogP contribution in [0.1, 0.15) is 18.1 Å². The molecule has 2 unspecified atom stereocenters. The highest BCUT2D eigenvalue weighted by Crippen LogP contribution is 2.36. The Bertz CT molecular complexity index is 411. The molecule has 1 saturated heterocycles. The lowest BCUT2D eigenvalue weighted by molar-refractivity contribution is 0.0874. The summed E-state index contributed by atoms with van der Waals surface area (Å²) in [7, 11) is 1.79. The molecule has 1 fully saturated rings. The summed E-state index contributed by atoms with van der Waals surface area (Å²) in [6.07, 6.45) is 0.279. The normalized spacial score (nSPS) is 24.2. The van der Waals surface area contributed by atoms with Crippen LogP contribution in [0.25, 0.3) is 0 Å². The average Bonchev–Trinajstić information content (AvgIpc) is 2.72. The summed E-state index contributed by atoms with van der Waals surface area (Å²) < 4.78 is 44.9. The fourth-order valence-corrected chi connectivity index (χ4v) is 2.20. The van der Waals surface area contributed by atoms with E-state index in [1.165, 1.54) is 0 Å². The lowest BCUT2D eigenvalue weighted by Crippen LogP contribution is -2.22. The highest BCUT2D eigenvalue weighted by molar-refractivity contribution is 5.23. The van der Waals surface area contributed by atoms with Gasteiger partial charge in [0, 0.05) is 30.7 Å². The Kier molecular flexibility index (Phi) is 3.69. The lowest BCUT2D eigenvalue weighted by atomic mass is 9.95. The molecule has 17 heavy (non-hydrogen) atoms. The smallest absolute Gasteiger partial charge is 0.161 e. The van der Waals surface area contributed by atoms with E-state index >= 15 is 0 Å². The molecular formula is C12H14F3NO. The second kappa shape index (κ2) is 5.06. The van der Waals surface area contributed by atoms with Crippen LogP contribution in [-0.4, -0.2) is 20.2 Å². The van der Waals surface area contributed by atoms with Gasteiger partial charge >= 0.3 is 0 Å². The second-order valence-corrected chi connectivity index (χ2v) is 4.19. The molecule has 2 atom stereocenters. The fourth-order valence-electron chi connectivity index (χ4n) is 2.20. The molecule has 1 heterocycles. The quantitative estimate of drug-likeness (QED) is 0.826. The molecule has 0 bridgehead atoms. The molecule has 1 aliphatic heterocycles. The van der Waals surface area contributed by atoms with E-state index in [9.17, 15) is 13.2 Å². The SMILES string of the molecule is CNCC1CCOC1c1cc(F)c(F)cc1F. The number of hydrogen-bond donors (Lipinski definition) is 1. The van der Waals surface area contributed by atoms with Crippen LogP contribution in [0.15, 0.2) is 12.1 Å². The van der Waals surface area contributed by atoms with Gasteiger partial charge in [0.1, 0.15) is 5.82 Å². The van der Waals surface area contributed by atoms with Crippen molar-refractivity contribution in [2.24, 2.45) is 5.92 Å². The number of halogens is 3. The first-order valence-corrected chi connectivity index (χ1v) is 5.54. The monoisotopic (exact) mass is 245 g/mol. The van der Waals surface area contributed by atoms with Crippen LogP contribution in [0.5, 0.6) is 0 Å². The molecule has 1 N–H and O–H groups in total. The Morgan fingerprint density at radius 3 is 2.65 bits per heavy atom. The topological polar surface area (TPSA) is 21.3 Å². The Morgan fingerprint density at radius 1 is 1.24 bits per heavy atom. The lowest BCUT2D eigenvalue weighted by Gasteiger charge is -2.19. The Balaban J connectivity index is 2.29. The molecule has 0 saturated carbocycles. The third-order valence-corrected chi connectivity index (χ3v) is 3.03. The maximum Gasteiger partial charge on any atom is 0.161 e. The van der Waals surface area contributed by atoms with Crippen molar-refractivity contribution < 1.29 is 17.9 Å². The first-order valence-electron chi connectivity index (χ1n) is 5.54. The molecule has 0 amide bonds. The largest absolute Gasteiger partial charge is 0.373 e. The summed E-state index contributed by atoms with van der Waals surface area (Å²) in [5.74, 6) is -2.88. The van der Waals surface area contributed by atoms with Crippen LogP contribution in [0.3, 0.4) is 0 Å². The van der Waals surface area contributed by atoms with Crippen molar-refractivity contribution >= 4 is 0 Å². The molecule has 0 radical (unpaired) electrons. The van der Waals surface area contributed by atoms with Gasteiger partial charge in [-0.3, -0.25) is 0 Å². The minimum absolute atomic E-state index is 0.0827. The molecule has 1 aromatic carbocycles. The van der Waals surface area contributed by atoms with E-state index in [0.29, 0.717) is 19.2 Å². The van der Waals surface area contributed by atoms with Crippen LogP contribution in [0.4, 0.5) is 13.2 Å². The molecule has 5 heteroatoms. The van der Waals surface area contributed by atoms with Crippen molar-refractivity contribution in [3.63, 3.8) is 0 Å². The van der Waals surface area contributed by atoms with Gasteiger partial charge in [-0.25, -0.2) is 13.2 Å². The van der Waals surface area contributed by atoms with Gasteiger partial charge in [-0.2, -0.15) is 0 Å². The van der Waals surface area contributed by atoms with Crippen molar-refractivity contribution in [1.29, 1.82) is 0 Å². The van der Waals surface area contributed by atoms with Crippen molar-refractivity contribution in [2.45, 2.75) is 12.5 Å². The number of nitrogens with one attached hydrogen (secondary N) is 1. The summed E-state index contributed by atoms with van der Waals surface area (Å²) in [5, 5.41) is 2.98. The molecule has 2 nitrogen and oxygen atoms in total. The number of hydrogen-bond acceptors (Lipinski definition) is 2. The third-order valence-electron chi connectivity index (χ3n) is 3.03. The Morgan fingerprint density at radius 2 is 1.94 bits per heavy atom. The molecule has 2 rings (SSSR count). The zero-order valence-electron chi connectivity index (χ0n) is 9.47. The van der Waals surface area contributed by atoms with Gasteiger partial charge in [-0.1, -0.05) is 0 Å². The highest BCUT2D eigenvalue weighted by atomic mass is 19.2. The zero-order chi connectivity index (χ0) is 12.4. The van der Waals surface area contributed by atoms with E-state index in [-0.39, 0.29) is 11.5 Å². The molecule has 0 aromatic heterocycles. The van der Waals surface area contributed by atoms with Crippen LogP contribution < -0.4 is 5.32 Å². The van der Waals surface area contributed by atoms with Crippen molar-refractivity contribution in [3.05, 3.63) is 35.1 Å². The maximum absolute atomic E-state index is 13.6. The van der Waals surface area contributed by atoms with Crippen molar-refractivity contribution in [3.8, 4) is 0 Å². The van der Waals surface area contributed by atoms with Gasteiger partial charge in [0.2, 0.25) is 0 Å². The Labute approximate surface area is 97.8 Å². The zero-order valence-corrected chi connectivity index (χ0v) is 9.47. The summed E-state index contributed by atoms with van der Waals surface area (Å²) in [6.45, 7) is 1.17. The van der Waals surface area contributed by atoms with E-state index in [4.69, 9.17) is 4.74 Å². The summed E-state index contributed by atoms with van der Waals surface area (Å²) in [6, 6.07) is 1.46. The second-order valence-electron chi connectivity index (χ2n) is 4.19. The minimum Gasteiger partial charge on any atom is -0.373 e. The maximum atomic E-state index is 13.6. The van der Waals surface area contributed by atoms with E-state index in [1.807, 2.05) is 0 Å². The van der Waals surface area contributed by atoms with Gasteiger partial charge in [-0.05, 0) is 19.5 Å². The molecule has 0 spiro atoms. The van der Waals surface area contributed by atoms with Gasteiger partial charge in [-0.15, -0.1) is 0 Å². The first kappa shape index (κ1) is 12.4. The molecular weight excluding hydrogens is 231 g/mol. The number of ether oxygens (including phenoxy) is 1. The predicted octanol–water partition coefficient (Wildman–Crippen LogP) is 2.40. The van der Waals surface area contributed by atoms with Crippen LogP contribution in [-0.2, 0) is 4.74 Å². The van der Waals surface area contributed by atoms with E-state index < -0.39 is 23.6 Å². The predicted molar refractivity (Wildman–Crippen MR) is 57.0 cm³/mol. The standard InChI is InChI=1S/C12H14F3NO/c1-16-6-7-2-3-17-12(7)8-4-10(14)11(15)5-9(8)13/h4-5,7,12,16H,2-3,6H2,1H3. The van der Waals surface area contributed by atoms with Crippen molar-refractivity contribution in [2.75, 3.05) is 20.2 Å². The van der Waals surface area contributed by atoms with E-state index in [0.717, 1.165) is 12.5 Å². The molecule has 94 valence electrons. The summed E-state index contributed by atoms with van der Waals surface area (Å²) in [4.78, 5) is 0. The Hall–Kier alpha value is -1.07.